The zero-order chi connectivity index (χ0) is 20.4. The third kappa shape index (κ3) is 5.93. The zero-order valence-corrected chi connectivity index (χ0v) is 15.1. The lowest BCUT2D eigenvalue weighted by atomic mass is 10.0. The third-order valence-corrected chi connectivity index (χ3v) is 3.92. The minimum absolute atomic E-state index is 0.178. The van der Waals surface area contributed by atoms with Crippen molar-refractivity contribution in [1.82, 2.24) is 4.90 Å². The van der Waals surface area contributed by atoms with Gasteiger partial charge >= 0.3 is 0 Å². The summed E-state index contributed by atoms with van der Waals surface area (Å²) in [6.45, 7) is 0.249. The molecule has 0 aliphatic carbocycles. The predicted octanol–water partition coefficient (Wildman–Crippen LogP) is 3.09. The van der Waals surface area contributed by atoms with Gasteiger partial charge in [-0.05, 0) is 48.5 Å². The molecule has 0 saturated heterocycles. The number of nitrogens with zero attached hydrogens (tertiary/aromatic N) is 3. The number of halogens is 1. The quantitative estimate of drug-likeness (QED) is 0.624. The number of hydrogen-bond acceptors (Lipinski definition) is 5. The average molecular weight is 379 g/mol. The van der Waals surface area contributed by atoms with Crippen LogP contribution >= 0.6 is 0 Å². The molecule has 0 aromatic heterocycles. The molecule has 0 bridgehead atoms. The molecular formula is C21H18FN3O3. The van der Waals surface area contributed by atoms with E-state index in [1.54, 1.807) is 24.3 Å². The standard InChI is InChI=1S/C21H18FN3O3/c22-18-7-3-16(4-8-18)21(27)17-5-9-19(10-6-17)28-15-20(26)25(13-1-11-23)14-2-12-24/h3-10H,1-2,13-15H2. The fourth-order valence-electron chi connectivity index (χ4n) is 2.44. The molecule has 0 atom stereocenters. The largest absolute Gasteiger partial charge is 0.484 e. The second-order valence-corrected chi connectivity index (χ2v) is 5.85. The summed E-state index contributed by atoms with van der Waals surface area (Å²) in [4.78, 5) is 26.0. The first-order valence-electron chi connectivity index (χ1n) is 8.60. The Bertz CT molecular complexity index is 878. The van der Waals surface area contributed by atoms with Crippen LogP contribution in [-0.4, -0.2) is 36.3 Å². The highest BCUT2D eigenvalue weighted by Crippen LogP contribution is 2.16. The normalized spacial score (nSPS) is 9.82. The van der Waals surface area contributed by atoms with Gasteiger partial charge < -0.3 is 9.64 Å². The van der Waals surface area contributed by atoms with Gasteiger partial charge in [0.25, 0.3) is 5.91 Å². The number of hydrogen-bond donors (Lipinski definition) is 0. The number of carbonyl (C=O) groups excluding carboxylic acids is 2. The van der Waals surface area contributed by atoms with Crippen molar-refractivity contribution < 1.29 is 18.7 Å². The molecule has 0 heterocycles. The van der Waals surface area contributed by atoms with Crippen molar-refractivity contribution in [3.05, 3.63) is 65.5 Å². The van der Waals surface area contributed by atoms with E-state index in [1.807, 2.05) is 12.1 Å². The number of ether oxygens (including phenoxy) is 1. The highest BCUT2D eigenvalue weighted by atomic mass is 19.1. The van der Waals surface area contributed by atoms with Crippen molar-refractivity contribution in [2.75, 3.05) is 19.7 Å². The molecule has 7 heteroatoms. The molecule has 0 fully saturated rings. The number of benzene rings is 2. The Hall–Kier alpha value is -3.71. The summed E-state index contributed by atoms with van der Waals surface area (Å²) in [5.41, 5.74) is 0.783. The van der Waals surface area contributed by atoms with Crippen LogP contribution in [0, 0.1) is 28.5 Å². The van der Waals surface area contributed by atoms with Crippen LogP contribution in [-0.2, 0) is 4.79 Å². The zero-order valence-electron chi connectivity index (χ0n) is 15.1. The first-order valence-corrected chi connectivity index (χ1v) is 8.60. The van der Waals surface area contributed by atoms with E-state index in [9.17, 15) is 14.0 Å². The lowest BCUT2D eigenvalue weighted by Crippen LogP contribution is -2.36. The molecule has 2 aromatic rings. The van der Waals surface area contributed by atoms with Crippen LogP contribution in [0.5, 0.6) is 5.75 Å². The lowest BCUT2D eigenvalue weighted by Gasteiger charge is -2.20. The van der Waals surface area contributed by atoms with Gasteiger partial charge in [0, 0.05) is 24.2 Å². The fourth-order valence-corrected chi connectivity index (χ4v) is 2.44. The molecular weight excluding hydrogens is 361 g/mol. The van der Waals surface area contributed by atoms with Crippen LogP contribution in [0.2, 0.25) is 0 Å². The molecule has 0 aliphatic rings. The fraction of sp³-hybridized carbons (Fsp3) is 0.238. The molecule has 0 radical (unpaired) electrons. The maximum atomic E-state index is 13.0. The lowest BCUT2D eigenvalue weighted by molar-refractivity contribution is -0.133. The maximum absolute atomic E-state index is 13.0. The van der Waals surface area contributed by atoms with Crippen LogP contribution in [0.3, 0.4) is 0 Å². The molecule has 0 unspecified atom stereocenters. The van der Waals surface area contributed by atoms with Gasteiger partial charge in [-0.25, -0.2) is 4.39 Å². The molecule has 142 valence electrons. The van der Waals surface area contributed by atoms with E-state index in [1.165, 1.54) is 29.2 Å². The van der Waals surface area contributed by atoms with E-state index in [0.29, 0.717) is 16.9 Å². The van der Waals surface area contributed by atoms with E-state index >= 15 is 0 Å². The van der Waals surface area contributed by atoms with Gasteiger partial charge in [0.1, 0.15) is 11.6 Å². The van der Waals surface area contributed by atoms with Crippen LogP contribution in [0.25, 0.3) is 0 Å². The number of amides is 1. The summed E-state index contributed by atoms with van der Waals surface area (Å²) in [6.07, 6.45) is 0.356. The molecule has 0 aliphatic heterocycles. The number of ketones is 1. The third-order valence-electron chi connectivity index (χ3n) is 3.92. The van der Waals surface area contributed by atoms with Crippen molar-refractivity contribution in [3.63, 3.8) is 0 Å². The summed E-state index contributed by atoms with van der Waals surface area (Å²) in [5, 5.41) is 17.3. The molecule has 2 aromatic carbocycles. The molecule has 1 amide bonds. The van der Waals surface area contributed by atoms with Gasteiger partial charge in [0.2, 0.25) is 0 Å². The molecule has 6 nitrogen and oxygen atoms in total. The Labute approximate surface area is 162 Å². The first-order chi connectivity index (χ1) is 13.5. The monoisotopic (exact) mass is 379 g/mol. The molecule has 28 heavy (non-hydrogen) atoms. The smallest absolute Gasteiger partial charge is 0.260 e. The Balaban J connectivity index is 1.95. The summed E-state index contributed by atoms with van der Waals surface area (Å²) in [5.74, 6) is -0.577. The van der Waals surface area contributed by atoms with Crippen molar-refractivity contribution in [2.45, 2.75) is 12.8 Å². The van der Waals surface area contributed by atoms with E-state index < -0.39 is 5.82 Å². The second kappa shape index (κ2) is 10.4. The summed E-state index contributed by atoms with van der Waals surface area (Å²) in [7, 11) is 0. The highest BCUT2D eigenvalue weighted by molar-refractivity contribution is 6.09. The number of carbonyl (C=O) groups is 2. The summed E-state index contributed by atoms with van der Waals surface area (Å²) < 4.78 is 18.4. The molecule has 0 spiro atoms. The molecule has 2 rings (SSSR count). The first kappa shape index (κ1) is 20.6. The van der Waals surface area contributed by atoms with E-state index in [0.717, 1.165) is 0 Å². The minimum Gasteiger partial charge on any atom is -0.484 e. The summed E-state index contributed by atoms with van der Waals surface area (Å²) >= 11 is 0. The van der Waals surface area contributed by atoms with Gasteiger partial charge in [-0.15, -0.1) is 0 Å². The van der Waals surface area contributed by atoms with Crippen molar-refractivity contribution in [2.24, 2.45) is 0 Å². The Morgan fingerprint density at radius 3 is 1.89 bits per heavy atom. The van der Waals surface area contributed by atoms with E-state index in [4.69, 9.17) is 15.3 Å². The Morgan fingerprint density at radius 2 is 1.39 bits per heavy atom. The summed E-state index contributed by atoms with van der Waals surface area (Å²) in [6, 6.07) is 15.5. The SMILES string of the molecule is N#CCCN(CCC#N)C(=O)COc1ccc(C(=O)c2ccc(F)cc2)cc1. The van der Waals surface area contributed by atoms with Gasteiger partial charge in [0.05, 0.1) is 25.0 Å². The topological polar surface area (TPSA) is 94.2 Å². The van der Waals surface area contributed by atoms with Crippen molar-refractivity contribution in [1.29, 1.82) is 10.5 Å². The number of rotatable bonds is 9. The predicted molar refractivity (Wildman–Crippen MR) is 98.8 cm³/mol. The van der Waals surface area contributed by atoms with Crippen molar-refractivity contribution >= 4 is 11.7 Å². The average Bonchev–Trinajstić information content (AvgIpc) is 2.72. The van der Waals surface area contributed by atoms with Crippen LogP contribution in [0.15, 0.2) is 48.5 Å². The molecule has 0 N–H and O–H groups in total. The van der Waals surface area contributed by atoms with Crippen LogP contribution in [0.4, 0.5) is 4.39 Å². The minimum atomic E-state index is -0.413. The van der Waals surface area contributed by atoms with E-state index in [-0.39, 0.29) is 44.2 Å². The molecule has 0 saturated carbocycles. The van der Waals surface area contributed by atoms with Crippen molar-refractivity contribution in [3.8, 4) is 17.9 Å². The maximum Gasteiger partial charge on any atom is 0.260 e. The van der Waals surface area contributed by atoms with E-state index in [2.05, 4.69) is 0 Å². The van der Waals surface area contributed by atoms with Gasteiger partial charge in [-0.2, -0.15) is 10.5 Å². The Kier molecular flexibility index (Phi) is 7.68. The Morgan fingerprint density at radius 1 is 0.893 bits per heavy atom. The highest BCUT2D eigenvalue weighted by Gasteiger charge is 2.14. The number of nitriles is 2. The van der Waals surface area contributed by atoms with Crippen LogP contribution in [0.1, 0.15) is 28.8 Å². The van der Waals surface area contributed by atoms with Gasteiger partial charge in [-0.3, -0.25) is 9.59 Å². The second-order valence-electron chi connectivity index (χ2n) is 5.85. The van der Waals surface area contributed by atoms with Gasteiger partial charge in [0.15, 0.2) is 12.4 Å². The van der Waals surface area contributed by atoms with Gasteiger partial charge in [-0.1, -0.05) is 0 Å². The van der Waals surface area contributed by atoms with Crippen LogP contribution < -0.4 is 4.74 Å².